The van der Waals surface area contributed by atoms with Gasteiger partial charge in [-0.3, -0.25) is 14.2 Å². The first-order chi connectivity index (χ1) is 11.5. The molecule has 7 heteroatoms. The molecule has 0 fully saturated rings. The van der Waals surface area contributed by atoms with Crippen molar-refractivity contribution >= 4 is 61.0 Å². The second-order valence-electron chi connectivity index (χ2n) is 5.18. The van der Waals surface area contributed by atoms with Gasteiger partial charge < -0.3 is 5.32 Å². The van der Waals surface area contributed by atoms with Crippen LogP contribution in [0.1, 0.15) is 6.42 Å². The van der Waals surface area contributed by atoms with Crippen LogP contribution in [-0.2, 0) is 11.3 Å². The lowest BCUT2D eigenvalue weighted by Crippen LogP contribution is -2.23. The normalized spacial score (nSPS) is 10.8. The number of hydrogen-bond donors (Lipinski definition) is 1. The van der Waals surface area contributed by atoms with Gasteiger partial charge in [-0.2, -0.15) is 0 Å². The minimum Gasteiger partial charge on any atom is -0.325 e. The Bertz CT molecular complexity index is 971. The standard InChI is InChI=1S/C17H13BrIN3O2/c18-11-5-6-14-12(9-11)17(24)22(10-20-14)8-7-16(23)21-15-4-2-1-3-13(15)19/h1-6,9-10H,7-8H2,(H,21,23). The van der Waals surface area contributed by atoms with E-state index in [2.05, 4.69) is 48.8 Å². The molecule has 122 valence electrons. The van der Waals surface area contributed by atoms with Gasteiger partial charge in [0.05, 0.1) is 22.9 Å². The molecule has 0 atom stereocenters. The topological polar surface area (TPSA) is 64.0 Å². The zero-order valence-electron chi connectivity index (χ0n) is 12.5. The van der Waals surface area contributed by atoms with E-state index in [4.69, 9.17) is 0 Å². The van der Waals surface area contributed by atoms with Gasteiger partial charge in [-0.1, -0.05) is 28.1 Å². The Hall–Kier alpha value is -1.74. The molecule has 0 spiro atoms. The minimum absolute atomic E-state index is 0.139. The maximum absolute atomic E-state index is 12.5. The van der Waals surface area contributed by atoms with E-state index < -0.39 is 0 Å². The van der Waals surface area contributed by atoms with Crippen LogP contribution >= 0.6 is 38.5 Å². The molecule has 1 N–H and O–H groups in total. The van der Waals surface area contributed by atoms with Gasteiger partial charge in [-0.05, 0) is 52.9 Å². The van der Waals surface area contributed by atoms with Crippen LogP contribution in [0.25, 0.3) is 10.9 Å². The summed E-state index contributed by atoms with van der Waals surface area (Å²) in [6.45, 7) is 0.281. The number of carbonyl (C=O) groups is 1. The first-order valence-electron chi connectivity index (χ1n) is 7.23. The second kappa shape index (κ2) is 7.43. The van der Waals surface area contributed by atoms with Crippen LogP contribution < -0.4 is 10.9 Å². The Kier molecular flexibility index (Phi) is 5.30. The van der Waals surface area contributed by atoms with Gasteiger partial charge >= 0.3 is 0 Å². The van der Waals surface area contributed by atoms with E-state index in [0.717, 1.165) is 13.7 Å². The van der Waals surface area contributed by atoms with Gasteiger partial charge in [-0.25, -0.2) is 4.98 Å². The number of anilines is 1. The van der Waals surface area contributed by atoms with Crippen LogP contribution in [0.5, 0.6) is 0 Å². The highest BCUT2D eigenvalue weighted by molar-refractivity contribution is 14.1. The van der Waals surface area contributed by atoms with Crippen LogP contribution in [0.2, 0.25) is 0 Å². The van der Waals surface area contributed by atoms with Gasteiger partial charge in [0.2, 0.25) is 5.91 Å². The highest BCUT2D eigenvalue weighted by atomic mass is 127. The molecular formula is C17H13BrIN3O2. The number of aryl methyl sites for hydroxylation is 1. The van der Waals surface area contributed by atoms with Crippen molar-refractivity contribution in [1.82, 2.24) is 9.55 Å². The quantitative estimate of drug-likeness (QED) is 0.558. The number of rotatable bonds is 4. The molecule has 0 unspecified atom stereocenters. The highest BCUT2D eigenvalue weighted by Crippen LogP contribution is 2.17. The Morgan fingerprint density at radius 3 is 2.83 bits per heavy atom. The van der Waals surface area contributed by atoms with E-state index in [-0.39, 0.29) is 24.4 Å². The predicted molar refractivity (Wildman–Crippen MR) is 106 cm³/mol. The van der Waals surface area contributed by atoms with Crippen molar-refractivity contribution in [3.05, 3.63) is 67.2 Å². The van der Waals surface area contributed by atoms with Gasteiger partial charge in [-0.15, -0.1) is 0 Å². The first-order valence-corrected chi connectivity index (χ1v) is 9.11. The van der Waals surface area contributed by atoms with Gasteiger partial charge in [0.1, 0.15) is 0 Å². The summed E-state index contributed by atoms with van der Waals surface area (Å²) in [5.74, 6) is -0.139. The van der Waals surface area contributed by atoms with Crippen molar-refractivity contribution in [2.75, 3.05) is 5.32 Å². The molecule has 1 amide bonds. The average molecular weight is 498 g/mol. The summed E-state index contributed by atoms with van der Waals surface area (Å²) in [5, 5.41) is 3.39. The fourth-order valence-corrected chi connectivity index (χ4v) is 3.17. The number of hydrogen-bond acceptors (Lipinski definition) is 3. The summed E-state index contributed by atoms with van der Waals surface area (Å²) < 4.78 is 3.26. The van der Waals surface area contributed by atoms with Crippen LogP contribution in [0.4, 0.5) is 5.69 Å². The Balaban J connectivity index is 1.74. The minimum atomic E-state index is -0.150. The summed E-state index contributed by atoms with van der Waals surface area (Å²) in [4.78, 5) is 28.9. The molecule has 1 aromatic heterocycles. The Morgan fingerprint density at radius 2 is 2.04 bits per heavy atom. The molecule has 0 bridgehead atoms. The van der Waals surface area contributed by atoms with Crippen molar-refractivity contribution in [2.45, 2.75) is 13.0 Å². The van der Waals surface area contributed by atoms with Gasteiger partial charge in [0, 0.05) is 21.0 Å². The second-order valence-corrected chi connectivity index (χ2v) is 7.26. The number of para-hydroxylation sites is 1. The SMILES string of the molecule is O=C(CCn1cnc2ccc(Br)cc2c1=O)Nc1ccccc1I. The van der Waals surface area contributed by atoms with E-state index in [1.807, 2.05) is 30.3 Å². The van der Waals surface area contributed by atoms with Gasteiger partial charge in [0.15, 0.2) is 0 Å². The maximum Gasteiger partial charge on any atom is 0.261 e. The number of amides is 1. The Morgan fingerprint density at radius 1 is 1.25 bits per heavy atom. The molecular weight excluding hydrogens is 485 g/mol. The maximum atomic E-state index is 12.5. The van der Waals surface area contributed by atoms with Crippen molar-refractivity contribution < 1.29 is 4.79 Å². The van der Waals surface area contributed by atoms with E-state index in [9.17, 15) is 9.59 Å². The molecule has 1 heterocycles. The summed E-state index contributed by atoms with van der Waals surface area (Å²) in [5.41, 5.74) is 1.27. The number of benzene rings is 2. The molecule has 0 radical (unpaired) electrons. The lowest BCUT2D eigenvalue weighted by atomic mass is 10.2. The lowest BCUT2D eigenvalue weighted by Gasteiger charge is -2.09. The molecule has 0 saturated carbocycles. The first kappa shape index (κ1) is 17.1. The molecule has 0 aliphatic carbocycles. The molecule has 0 saturated heterocycles. The number of carbonyl (C=O) groups excluding carboxylic acids is 1. The van der Waals surface area contributed by atoms with E-state index >= 15 is 0 Å². The molecule has 0 aliphatic heterocycles. The fourth-order valence-electron chi connectivity index (χ4n) is 2.29. The zero-order valence-corrected chi connectivity index (χ0v) is 16.2. The summed E-state index contributed by atoms with van der Waals surface area (Å²) >= 11 is 5.52. The van der Waals surface area contributed by atoms with Gasteiger partial charge in [0.25, 0.3) is 5.56 Å². The zero-order chi connectivity index (χ0) is 17.1. The third kappa shape index (κ3) is 3.84. The van der Waals surface area contributed by atoms with E-state index in [1.165, 1.54) is 10.9 Å². The predicted octanol–water partition coefficient (Wildman–Crippen LogP) is 3.79. The molecule has 5 nitrogen and oxygen atoms in total. The number of halogens is 2. The number of aromatic nitrogens is 2. The molecule has 24 heavy (non-hydrogen) atoms. The number of nitrogens with zero attached hydrogens (tertiary/aromatic N) is 2. The third-order valence-corrected chi connectivity index (χ3v) is 4.95. The smallest absolute Gasteiger partial charge is 0.261 e. The average Bonchev–Trinajstić information content (AvgIpc) is 2.57. The van der Waals surface area contributed by atoms with Crippen molar-refractivity contribution in [3.63, 3.8) is 0 Å². The van der Waals surface area contributed by atoms with E-state index in [1.54, 1.807) is 12.1 Å². The molecule has 3 aromatic rings. The lowest BCUT2D eigenvalue weighted by molar-refractivity contribution is -0.116. The summed E-state index contributed by atoms with van der Waals surface area (Å²) in [7, 11) is 0. The van der Waals surface area contributed by atoms with Crippen molar-refractivity contribution in [2.24, 2.45) is 0 Å². The monoisotopic (exact) mass is 497 g/mol. The van der Waals surface area contributed by atoms with Crippen molar-refractivity contribution in [1.29, 1.82) is 0 Å². The molecule has 0 aliphatic rings. The summed E-state index contributed by atoms with van der Waals surface area (Å²) in [6, 6.07) is 12.9. The fraction of sp³-hybridized carbons (Fsp3) is 0.118. The number of nitrogens with one attached hydrogen (secondary N) is 1. The van der Waals surface area contributed by atoms with Crippen LogP contribution in [0, 0.1) is 3.57 Å². The highest BCUT2D eigenvalue weighted by Gasteiger charge is 2.08. The third-order valence-electron chi connectivity index (χ3n) is 3.51. The summed E-state index contributed by atoms with van der Waals surface area (Å²) in [6.07, 6.45) is 1.68. The van der Waals surface area contributed by atoms with Crippen LogP contribution in [0.15, 0.2) is 58.1 Å². The van der Waals surface area contributed by atoms with Crippen molar-refractivity contribution in [3.8, 4) is 0 Å². The number of fused-ring (bicyclic) bond motifs is 1. The molecule has 3 rings (SSSR count). The Labute approximate surface area is 160 Å². The largest absolute Gasteiger partial charge is 0.325 e. The molecule has 2 aromatic carbocycles. The van der Waals surface area contributed by atoms with Crippen LogP contribution in [-0.4, -0.2) is 15.5 Å². The van der Waals surface area contributed by atoms with E-state index in [0.29, 0.717) is 10.9 Å². The van der Waals surface area contributed by atoms with Crippen LogP contribution in [0.3, 0.4) is 0 Å².